The number of carbonyl (C=O) groups excluding carboxylic acids is 2. The van der Waals surface area contributed by atoms with Crippen LogP contribution in [0.1, 0.15) is 232 Å². The molecule has 0 bridgehead atoms. The van der Waals surface area contributed by atoms with E-state index in [0.29, 0.717) is 52.9 Å². The Labute approximate surface area is 441 Å². The van der Waals surface area contributed by atoms with Crippen LogP contribution in [0.3, 0.4) is 0 Å². The minimum absolute atomic E-state index is 0.133. The molecule has 2 unspecified atom stereocenters. The van der Waals surface area contributed by atoms with Gasteiger partial charge in [-0.15, -0.1) is 22.7 Å². The standard InChI is InChI=1S/C62H90N4O4S2/c1-9-13-17-21-23-27-31-43(29-25-19-15-11-3)41-65-55(48-36-35-47(69-48)50-39-45-33-34-46-40-52(62(7,8)64)72-58(46)57(45)71-50)53-54(60(65)68)56(49-37-38-51(70-49)61(5,6)63)66(59(53)67)42-44(30-26-20-16-12-4)32-28-24-22-18-14-10-2/h33-40,43-44H,9-32,41-42,63-64H2,1-8H3. The van der Waals surface area contributed by atoms with Crippen LogP contribution in [-0.4, -0.2) is 34.7 Å². The van der Waals surface area contributed by atoms with E-state index < -0.39 is 11.1 Å². The monoisotopic (exact) mass is 1020 g/mol. The summed E-state index contributed by atoms with van der Waals surface area (Å²) < 4.78 is 16.1. The van der Waals surface area contributed by atoms with Gasteiger partial charge in [-0.05, 0) is 112 Å². The molecule has 0 spiro atoms. The molecule has 4 N–H and O–H groups in total. The van der Waals surface area contributed by atoms with Crippen LogP contribution in [0.2, 0.25) is 0 Å². The Bertz CT molecular complexity index is 2610. The predicted octanol–water partition coefficient (Wildman–Crippen LogP) is 17.8. The van der Waals surface area contributed by atoms with E-state index in [1.165, 1.54) is 118 Å². The number of carbonyl (C=O) groups is 2. The highest BCUT2D eigenvalue weighted by atomic mass is 32.1. The number of thiophene rings is 2. The summed E-state index contributed by atoms with van der Waals surface area (Å²) in [6, 6.07) is 16.7. The highest BCUT2D eigenvalue weighted by molar-refractivity contribution is 7.29. The van der Waals surface area contributed by atoms with Gasteiger partial charge in [0, 0.05) is 23.5 Å². The highest BCUT2D eigenvalue weighted by Crippen LogP contribution is 2.50. The Kier molecular flexibility index (Phi) is 20.1. The molecule has 10 heteroatoms. The average Bonchev–Trinajstić information content (AvgIpc) is 4.21. The van der Waals surface area contributed by atoms with Crippen molar-refractivity contribution in [3.8, 4) is 10.6 Å². The Hall–Kier alpha value is -3.96. The second kappa shape index (κ2) is 26.0. The van der Waals surface area contributed by atoms with Crippen molar-refractivity contribution in [1.29, 1.82) is 0 Å². The number of fused-ring (bicyclic) bond motifs is 4. The first-order valence-corrected chi connectivity index (χ1v) is 30.2. The lowest BCUT2D eigenvalue weighted by atomic mass is 9.93. The Balaban J connectivity index is 1.32. The number of hydrogen-bond donors (Lipinski definition) is 2. The van der Waals surface area contributed by atoms with Crippen molar-refractivity contribution >= 4 is 66.1 Å². The van der Waals surface area contributed by atoms with Crippen molar-refractivity contribution in [3.05, 3.63) is 81.8 Å². The molecule has 0 saturated heterocycles. The molecule has 2 aliphatic rings. The van der Waals surface area contributed by atoms with Crippen LogP contribution in [0.4, 0.5) is 0 Å². The van der Waals surface area contributed by atoms with E-state index in [1.54, 1.807) is 22.7 Å². The lowest BCUT2D eigenvalue weighted by Crippen LogP contribution is -2.35. The summed E-state index contributed by atoms with van der Waals surface area (Å²) in [5.74, 6) is 2.73. The van der Waals surface area contributed by atoms with Crippen LogP contribution in [0.5, 0.6) is 0 Å². The molecule has 72 heavy (non-hydrogen) atoms. The van der Waals surface area contributed by atoms with E-state index in [-0.39, 0.29) is 23.7 Å². The van der Waals surface area contributed by atoms with Gasteiger partial charge in [0.15, 0.2) is 11.5 Å². The lowest BCUT2D eigenvalue weighted by molar-refractivity contribution is -0.124. The normalized spacial score (nSPS) is 15.5. The Morgan fingerprint density at radius 1 is 0.486 bits per heavy atom. The van der Waals surface area contributed by atoms with Gasteiger partial charge < -0.3 is 30.1 Å². The fraction of sp³-hybridized carbons (Fsp3) is 0.613. The van der Waals surface area contributed by atoms with Gasteiger partial charge in [-0.1, -0.05) is 168 Å². The third-order valence-corrected chi connectivity index (χ3v) is 18.1. The molecule has 5 aromatic rings. The summed E-state index contributed by atoms with van der Waals surface area (Å²) in [5, 5.41) is 2.35. The second-order valence-electron chi connectivity index (χ2n) is 22.7. The van der Waals surface area contributed by atoms with Crippen molar-refractivity contribution in [3.63, 3.8) is 0 Å². The number of nitrogens with zero attached hydrogens (tertiary/aromatic N) is 2. The van der Waals surface area contributed by atoms with Crippen molar-refractivity contribution < 1.29 is 18.4 Å². The number of benzene rings is 1. The van der Waals surface area contributed by atoms with Gasteiger partial charge in [0.1, 0.15) is 22.9 Å². The Morgan fingerprint density at radius 2 is 0.889 bits per heavy atom. The van der Waals surface area contributed by atoms with Gasteiger partial charge in [-0.25, -0.2) is 0 Å². The quantitative estimate of drug-likeness (QED) is 0.0404. The first kappa shape index (κ1) is 55.8. The van der Waals surface area contributed by atoms with Crippen LogP contribution in [0.25, 0.3) is 42.2 Å². The SMILES string of the molecule is CCCCCCCCC(CCCCCC)CN1C(=O)C2=C(c3ccc(C(C)(C)N)o3)N(CC(CCCCCC)CCCCCCCC)C(=O)C2=C1c1ccc(-c2cc3ccc4cc(C(C)(C)N)sc4c3s2)o1. The van der Waals surface area contributed by atoms with Gasteiger partial charge in [0.25, 0.3) is 11.8 Å². The minimum atomic E-state index is -0.747. The van der Waals surface area contributed by atoms with Crippen molar-refractivity contribution in [2.75, 3.05) is 13.1 Å². The summed E-state index contributed by atoms with van der Waals surface area (Å²) in [6.07, 6.45) is 28.3. The molecule has 0 aliphatic carbocycles. The molecule has 2 aliphatic heterocycles. The summed E-state index contributed by atoms with van der Waals surface area (Å²) in [6.45, 7) is 18.1. The number of amides is 2. The molecule has 0 fully saturated rings. The molecule has 8 nitrogen and oxygen atoms in total. The van der Waals surface area contributed by atoms with E-state index >= 15 is 9.59 Å². The second-order valence-corrected chi connectivity index (χ2v) is 24.8. The number of hydrogen-bond acceptors (Lipinski definition) is 8. The molecule has 0 radical (unpaired) electrons. The molecular weight excluding hydrogens is 929 g/mol. The summed E-state index contributed by atoms with van der Waals surface area (Å²) in [7, 11) is 0. The fourth-order valence-electron chi connectivity index (χ4n) is 11.0. The highest BCUT2D eigenvalue weighted by Gasteiger charge is 2.51. The zero-order chi connectivity index (χ0) is 51.4. The fourth-order valence-corrected chi connectivity index (χ4v) is 13.5. The van der Waals surface area contributed by atoms with Crippen molar-refractivity contribution in [2.45, 2.75) is 221 Å². The maximum Gasteiger partial charge on any atom is 0.261 e. The topological polar surface area (TPSA) is 119 Å². The van der Waals surface area contributed by atoms with Crippen LogP contribution in [0.15, 0.2) is 68.5 Å². The molecule has 7 rings (SSSR count). The third kappa shape index (κ3) is 13.7. The van der Waals surface area contributed by atoms with Gasteiger partial charge >= 0.3 is 0 Å². The van der Waals surface area contributed by atoms with Gasteiger partial charge in [-0.2, -0.15) is 0 Å². The molecule has 6 heterocycles. The minimum Gasteiger partial charge on any atom is -0.458 e. The smallest absolute Gasteiger partial charge is 0.261 e. The van der Waals surface area contributed by atoms with Crippen LogP contribution >= 0.6 is 22.7 Å². The van der Waals surface area contributed by atoms with E-state index in [2.05, 4.69) is 65.8 Å². The summed E-state index contributed by atoms with van der Waals surface area (Å²) in [5.41, 5.74) is 14.1. The number of unbranched alkanes of at least 4 members (excludes halogenated alkanes) is 16. The van der Waals surface area contributed by atoms with Gasteiger partial charge in [-0.3, -0.25) is 9.59 Å². The largest absolute Gasteiger partial charge is 0.458 e. The molecule has 4 aromatic heterocycles. The van der Waals surface area contributed by atoms with E-state index in [0.717, 1.165) is 72.3 Å². The molecule has 2 atom stereocenters. The van der Waals surface area contributed by atoms with Crippen molar-refractivity contribution in [1.82, 2.24) is 9.80 Å². The van der Waals surface area contributed by atoms with Gasteiger partial charge in [0.05, 0.1) is 31.0 Å². The predicted molar refractivity (Wildman–Crippen MR) is 306 cm³/mol. The van der Waals surface area contributed by atoms with E-state index in [4.69, 9.17) is 20.3 Å². The summed E-state index contributed by atoms with van der Waals surface area (Å²) >= 11 is 3.49. The molecule has 394 valence electrons. The zero-order valence-electron chi connectivity index (χ0n) is 45.7. The molecule has 0 saturated carbocycles. The third-order valence-electron chi connectivity index (χ3n) is 15.3. The van der Waals surface area contributed by atoms with Crippen LogP contribution < -0.4 is 11.5 Å². The summed E-state index contributed by atoms with van der Waals surface area (Å²) in [4.78, 5) is 37.5. The molecule has 1 aromatic carbocycles. The average molecular weight is 1020 g/mol. The Morgan fingerprint density at radius 3 is 1.35 bits per heavy atom. The van der Waals surface area contributed by atoms with E-state index in [1.807, 2.05) is 47.9 Å². The maximum absolute atomic E-state index is 15.8. The maximum atomic E-state index is 15.8. The first-order valence-electron chi connectivity index (χ1n) is 28.6. The van der Waals surface area contributed by atoms with Crippen LogP contribution in [0, 0.1) is 11.8 Å². The molecular formula is C62H90N4O4S2. The first-order chi connectivity index (χ1) is 34.7. The van der Waals surface area contributed by atoms with E-state index in [9.17, 15) is 0 Å². The number of rotatable bonds is 33. The lowest BCUT2D eigenvalue weighted by Gasteiger charge is -2.29. The number of furan rings is 2. The zero-order valence-corrected chi connectivity index (χ0v) is 47.3. The van der Waals surface area contributed by atoms with Crippen LogP contribution in [-0.2, 0) is 20.7 Å². The van der Waals surface area contributed by atoms with Crippen molar-refractivity contribution in [2.24, 2.45) is 23.3 Å². The van der Waals surface area contributed by atoms with Gasteiger partial charge in [0.2, 0.25) is 0 Å². The number of nitrogens with two attached hydrogens (primary N) is 2. The molecule has 2 amide bonds.